The van der Waals surface area contributed by atoms with Crippen molar-refractivity contribution in [3.05, 3.63) is 52.7 Å². The molecule has 1 aromatic heterocycles. The molecule has 3 rings (SSSR count). The van der Waals surface area contributed by atoms with Crippen LogP contribution in [0.1, 0.15) is 11.1 Å². The lowest BCUT2D eigenvalue weighted by Crippen LogP contribution is -1.98. The van der Waals surface area contributed by atoms with Crippen LogP contribution in [0, 0.1) is 0 Å². The monoisotopic (exact) mass is 261 g/mol. The van der Waals surface area contributed by atoms with E-state index in [0.29, 0.717) is 24.2 Å². The Kier molecular flexibility index (Phi) is 3.07. The van der Waals surface area contributed by atoms with E-state index in [-0.39, 0.29) is 0 Å². The minimum absolute atomic E-state index is 0.475. The molecule has 92 valence electrons. The van der Waals surface area contributed by atoms with E-state index in [4.69, 9.17) is 21.1 Å². The Balaban J connectivity index is 1.76. The maximum Gasteiger partial charge on any atom is 0.218 e. The van der Waals surface area contributed by atoms with Gasteiger partial charge in [0.15, 0.2) is 0 Å². The first-order valence-corrected chi connectivity index (χ1v) is 6.19. The van der Waals surface area contributed by atoms with Gasteiger partial charge in [-0.3, -0.25) is 0 Å². The Hall–Kier alpha value is -1.74. The average Bonchev–Trinajstić information content (AvgIpc) is 2.86. The molecule has 0 saturated heterocycles. The summed E-state index contributed by atoms with van der Waals surface area (Å²) < 4.78 is 11.1. The van der Waals surface area contributed by atoms with Gasteiger partial charge in [0.1, 0.15) is 17.5 Å². The summed E-state index contributed by atoms with van der Waals surface area (Å²) in [5.74, 6) is 1.29. The second-order valence-corrected chi connectivity index (χ2v) is 4.46. The molecule has 0 fully saturated rings. The number of rotatable bonds is 3. The molecule has 0 saturated carbocycles. The smallest absolute Gasteiger partial charge is 0.218 e. The summed E-state index contributed by atoms with van der Waals surface area (Å²) in [4.78, 5) is 4.22. The number of hydrogen-bond acceptors (Lipinski definition) is 3. The van der Waals surface area contributed by atoms with Gasteiger partial charge in [0.05, 0.1) is 6.61 Å². The summed E-state index contributed by atoms with van der Waals surface area (Å²) in [6.07, 6.45) is 0.820. The number of hydrogen-bond donors (Lipinski definition) is 0. The first-order chi connectivity index (χ1) is 8.83. The Labute approximate surface area is 110 Å². The lowest BCUT2D eigenvalue weighted by Gasteiger charge is -2.08. The fourth-order valence-corrected chi connectivity index (χ4v) is 2.19. The van der Waals surface area contributed by atoms with Crippen LogP contribution in [0.2, 0.25) is 5.15 Å². The third kappa shape index (κ3) is 2.27. The summed E-state index contributed by atoms with van der Waals surface area (Å²) >= 11 is 6.09. The van der Waals surface area contributed by atoms with Crippen LogP contribution in [0.5, 0.6) is 11.6 Å². The third-order valence-electron chi connectivity index (χ3n) is 2.85. The van der Waals surface area contributed by atoms with Crippen LogP contribution in [-0.4, -0.2) is 11.6 Å². The van der Waals surface area contributed by atoms with E-state index in [1.165, 1.54) is 0 Å². The fourth-order valence-electron chi connectivity index (χ4n) is 1.92. The number of halogens is 1. The Morgan fingerprint density at radius 2 is 2.11 bits per heavy atom. The molecule has 3 nitrogen and oxygen atoms in total. The van der Waals surface area contributed by atoms with Crippen molar-refractivity contribution in [1.29, 1.82) is 0 Å². The maximum absolute atomic E-state index is 6.09. The van der Waals surface area contributed by atoms with Crippen molar-refractivity contribution in [3.63, 3.8) is 0 Å². The highest BCUT2D eigenvalue weighted by Crippen LogP contribution is 2.33. The average molecular weight is 262 g/mol. The first kappa shape index (κ1) is 11.4. The molecule has 0 spiro atoms. The largest absolute Gasteiger partial charge is 0.493 e. The van der Waals surface area contributed by atoms with Crippen molar-refractivity contribution in [3.8, 4) is 11.6 Å². The number of benzene rings is 1. The van der Waals surface area contributed by atoms with Crippen molar-refractivity contribution in [1.82, 2.24) is 4.98 Å². The van der Waals surface area contributed by atoms with Crippen molar-refractivity contribution >= 4 is 11.6 Å². The van der Waals surface area contributed by atoms with E-state index in [2.05, 4.69) is 4.98 Å². The highest BCUT2D eigenvalue weighted by Gasteiger charge is 2.18. The van der Waals surface area contributed by atoms with Gasteiger partial charge < -0.3 is 9.47 Å². The van der Waals surface area contributed by atoms with Gasteiger partial charge in [-0.15, -0.1) is 0 Å². The van der Waals surface area contributed by atoms with E-state index in [9.17, 15) is 0 Å². The number of pyridine rings is 1. The molecule has 0 N–H and O–H groups in total. The zero-order valence-corrected chi connectivity index (χ0v) is 10.5. The number of aromatic nitrogens is 1. The summed E-state index contributed by atoms with van der Waals surface area (Å²) in [5.41, 5.74) is 2.07. The quantitative estimate of drug-likeness (QED) is 0.795. The van der Waals surface area contributed by atoms with Gasteiger partial charge >= 0.3 is 0 Å². The van der Waals surface area contributed by atoms with Gasteiger partial charge in [0, 0.05) is 18.1 Å². The normalized spacial score (nSPS) is 12.9. The summed E-state index contributed by atoms with van der Waals surface area (Å²) in [6.45, 7) is 1.14. The van der Waals surface area contributed by atoms with Crippen molar-refractivity contribution in [2.75, 3.05) is 6.61 Å². The standard InChI is InChI=1S/C14H12ClNO2/c15-14-11-6-7-17-12(11)8-13(16-14)18-9-10-4-2-1-3-5-10/h1-5,8H,6-7,9H2. The lowest BCUT2D eigenvalue weighted by atomic mass is 10.2. The fraction of sp³-hybridized carbons (Fsp3) is 0.214. The minimum Gasteiger partial charge on any atom is -0.493 e. The molecule has 4 heteroatoms. The predicted octanol–water partition coefficient (Wildman–Crippen LogP) is 3.25. The molecule has 0 aliphatic carbocycles. The van der Waals surface area contributed by atoms with Gasteiger partial charge in [-0.25, -0.2) is 4.98 Å². The zero-order chi connectivity index (χ0) is 12.4. The van der Waals surface area contributed by atoms with E-state index in [1.54, 1.807) is 6.07 Å². The number of fused-ring (bicyclic) bond motifs is 1. The minimum atomic E-state index is 0.475. The topological polar surface area (TPSA) is 31.4 Å². The molecule has 0 bridgehead atoms. The molecule has 2 aromatic rings. The van der Waals surface area contributed by atoms with Crippen LogP contribution < -0.4 is 9.47 Å². The Morgan fingerprint density at radius 3 is 2.94 bits per heavy atom. The molecule has 1 aliphatic rings. The van der Waals surface area contributed by atoms with Crippen LogP contribution in [0.15, 0.2) is 36.4 Å². The number of nitrogens with zero attached hydrogens (tertiary/aromatic N) is 1. The third-order valence-corrected chi connectivity index (χ3v) is 3.16. The highest BCUT2D eigenvalue weighted by atomic mass is 35.5. The van der Waals surface area contributed by atoms with Gasteiger partial charge in [-0.2, -0.15) is 0 Å². The van der Waals surface area contributed by atoms with Crippen molar-refractivity contribution in [2.24, 2.45) is 0 Å². The van der Waals surface area contributed by atoms with Gasteiger partial charge in [0.2, 0.25) is 5.88 Å². The van der Waals surface area contributed by atoms with Crippen LogP contribution in [0.25, 0.3) is 0 Å². The molecule has 0 atom stereocenters. The van der Waals surface area contributed by atoms with E-state index in [1.807, 2.05) is 30.3 Å². The molecule has 0 radical (unpaired) electrons. The molecule has 18 heavy (non-hydrogen) atoms. The summed E-state index contributed by atoms with van der Waals surface area (Å²) in [7, 11) is 0. The molecule has 2 heterocycles. The van der Waals surface area contributed by atoms with E-state index < -0.39 is 0 Å². The molecule has 1 aliphatic heterocycles. The second-order valence-electron chi connectivity index (χ2n) is 4.10. The second kappa shape index (κ2) is 4.86. The Bertz CT molecular complexity index is 557. The van der Waals surface area contributed by atoms with Crippen LogP contribution in [-0.2, 0) is 13.0 Å². The summed E-state index contributed by atoms with van der Waals surface area (Å²) in [5, 5.41) is 0.480. The molecular weight excluding hydrogens is 250 g/mol. The summed E-state index contributed by atoms with van der Waals surface area (Å²) in [6, 6.07) is 11.7. The molecule has 0 unspecified atom stereocenters. The Morgan fingerprint density at radius 1 is 1.28 bits per heavy atom. The van der Waals surface area contributed by atoms with Gasteiger partial charge in [0.25, 0.3) is 0 Å². The SMILES string of the molecule is Clc1nc(OCc2ccccc2)cc2c1CCO2. The van der Waals surface area contributed by atoms with E-state index >= 15 is 0 Å². The van der Waals surface area contributed by atoms with E-state index in [0.717, 1.165) is 23.3 Å². The maximum atomic E-state index is 6.09. The van der Waals surface area contributed by atoms with Crippen molar-refractivity contribution in [2.45, 2.75) is 13.0 Å². The van der Waals surface area contributed by atoms with Crippen LogP contribution in [0.3, 0.4) is 0 Å². The number of ether oxygens (including phenoxy) is 2. The zero-order valence-electron chi connectivity index (χ0n) is 9.73. The van der Waals surface area contributed by atoms with Crippen LogP contribution in [0.4, 0.5) is 0 Å². The van der Waals surface area contributed by atoms with Gasteiger partial charge in [-0.1, -0.05) is 41.9 Å². The predicted molar refractivity (Wildman–Crippen MR) is 69.2 cm³/mol. The van der Waals surface area contributed by atoms with Gasteiger partial charge in [-0.05, 0) is 5.56 Å². The van der Waals surface area contributed by atoms with Crippen LogP contribution >= 0.6 is 11.6 Å². The molecule has 0 amide bonds. The lowest BCUT2D eigenvalue weighted by molar-refractivity contribution is 0.290. The molecular formula is C14H12ClNO2. The first-order valence-electron chi connectivity index (χ1n) is 5.82. The highest BCUT2D eigenvalue weighted by molar-refractivity contribution is 6.30. The molecule has 1 aromatic carbocycles. The van der Waals surface area contributed by atoms with Crippen molar-refractivity contribution < 1.29 is 9.47 Å².